The number of amides is 1. The molecule has 5 nitrogen and oxygen atoms in total. The molecule has 1 atom stereocenters. The van der Waals surface area contributed by atoms with Gasteiger partial charge in [0.15, 0.2) is 0 Å². The van der Waals surface area contributed by atoms with Crippen molar-refractivity contribution in [3.8, 4) is 10.7 Å². The fourth-order valence-electron chi connectivity index (χ4n) is 2.97. The highest BCUT2D eigenvalue weighted by Gasteiger charge is 2.30. The van der Waals surface area contributed by atoms with Gasteiger partial charge in [-0.2, -0.15) is 0 Å². The van der Waals surface area contributed by atoms with E-state index in [1.165, 1.54) is 4.88 Å². The quantitative estimate of drug-likeness (QED) is 0.819. The molecule has 2 aromatic heterocycles. The van der Waals surface area contributed by atoms with Crippen molar-refractivity contribution in [3.63, 3.8) is 0 Å². The van der Waals surface area contributed by atoms with Crippen LogP contribution in [0.4, 0.5) is 4.79 Å². The van der Waals surface area contributed by atoms with Crippen LogP contribution in [0.1, 0.15) is 37.8 Å². The first kappa shape index (κ1) is 17.9. The minimum atomic E-state index is -0.448. The molecule has 0 radical (unpaired) electrons. The summed E-state index contributed by atoms with van der Waals surface area (Å²) in [6.07, 6.45) is 3.53. The summed E-state index contributed by atoms with van der Waals surface area (Å²) < 4.78 is 5.46. The molecule has 1 aliphatic heterocycles. The lowest BCUT2D eigenvalue weighted by Crippen LogP contribution is -2.35. The molecule has 25 heavy (non-hydrogen) atoms. The number of hydrogen-bond donors (Lipinski definition) is 0. The molecule has 2 aromatic rings. The van der Waals surface area contributed by atoms with E-state index in [-0.39, 0.29) is 6.09 Å². The summed E-state index contributed by atoms with van der Waals surface area (Å²) in [6, 6.07) is 6.10. The summed E-state index contributed by atoms with van der Waals surface area (Å²) in [5.74, 6) is 0.424. The van der Waals surface area contributed by atoms with Crippen LogP contribution in [0.2, 0.25) is 0 Å². The van der Waals surface area contributed by atoms with Crippen LogP contribution >= 0.6 is 11.3 Å². The third kappa shape index (κ3) is 4.78. The van der Waals surface area contributed by atoms with Crippen LogP contribution in [0.15, 0.2) is 24.4 Å². The summed E-state index contributed by atoms with van der Waals surface area (Å²) in [7, 11) is 0. The van der Waals surface area contributed by atoms with Gasteiger partial charge in [-0.25, -0.2) is 9.78 Å². The van der Waals surface area contributed by atoms with Gasteiger partial charge in [0, 0.05) is 29.9 Å². The van der Waals surface area contributed by atoms with Gasteiger partial charge in [-0.15, -0.1) is 11.3 Å². The van der Waals surface area contributed by atoms with E-state index in [0.29, 0.717) is 5.92 Å². The van der Waals surface area contributed by atoms with Gasteiger partial charge in [0.05, 0.1) is 5.69 Å². The Kier molecular flexibility index (Phi) is 5.08. The third-order valence-electron chi connectivity index (χ3n) is 4.08. The fourth-order valence-corrected chi connectivity index (χ4v) is 3.71. The number of carbonyl (C=O) groups is 1. The Labute approximate surface area is 153 Å². The zero-order valence-electron chi connectivity index (χ0n) is 15.3. The number of thiazole rings is 1. The van der Waals surface area contributed by atoms with Crippen LogP contribution in [0.5, 0.6) is 0 Å². The average molecular weight is 359 g/mol. The molecule has 6 heteroatoms. The van der Waals surface area contributed by atoms with E-state index in [1.807, 2.05) is 44.0 Å². The molecule has 0 saturated carbocycles. The molecule has 134 valence electrons. The van der Waals surface area contributed by atoms with Gasteiger partial charge >= 0.3 is 6.09 Å². The van der Waals surface area contributed by atoms with Gasteiger partial charge < -0.3 is 9.64 Å². The molecule has 1 fully saturated rings. The van der Waals surface area contributed by atoms with E-state index in [9.17, 15) is 4.79 Å². The zero-order chi connectivity index (χ0) is 18.0. The Balaban J connectivity index is 1.61. The van der Waals surface area contributed by atoms with Crippen molar-refractivity contribution in [1.82, 2.24) is 14.9 Å². The molecule has 0 bridgehead atoms. The van der Waals surface area contributed by atoms with E-state index >= 15 is 0 Å². The molecular formula is C19H25N3O2S. The molecule has 0 spiro atoms. The molecule has 0 aromatic carbocycles. The van der Waals surface area contributed by atoms with Gasteiger partial charge in [-0.05, 0) is 58.6 Å². The fraction of sp³-hybridized carbons (Fsp3) is 0.526. The number of aryl methyl sites for hydroxylation is 1. The summed E-state index contributed by atoms with van der Waals surface area (Å²) in [5, 5.41) is 0.959. The standard InChI is InChI=1S/C19H25N3O2S/c1-13-11-20-17(25-13)16-7-5-6-15(21-16)10-14-8-9-22(12-14)18(23)24-19(2,3)4/h5-7,11,14H,8-10,12H2,1-4H3/t14-/m1/s1. The van der Waals surface area contributed by atoms with Gasteiger partial charge in [-0.3, -0.25) is 4.98 Å². The minimum absolute atomic E-state index is 0.213. The summed E-state index contributed by atoms with van der Waals surface area (Å²) in [4.78, 5) is 24.4. The second-order valence-electron chi connectivity index (χ2n) is 7.58. The van der Waals surface area contributed by atoms with Crippen molar-refractivity contribution in [2.75, 3.05) is 13.1 Å². The first-order chi connectivity index (χ1) is 11.8. The van der Waals surface area contributed by atoms with Crippen LogP contribution < -0.4 is 0 Å². The first-order valence-electron chi connectivity index (χ1n) is 8.67. The lowest BCUT2D eigenvalue weighted by atomic mass is 10.0. The second kappa shape index (κ2) is 7.12. The molecule has 3 rings (SSSR count). The molecule has 0 aliphatic carbocycles. The number of pyridine rings is 1. The number of carbonyl (C=O) groups excluding carboxylic acids is 1. The van der Waals surface area contributed by atoms with Crippen molar-refractivity contribution in [1.29, 1.82) is 0 Å². The van der Waals surface area contributed by atoms with Gasteiger partial charge in [0.2, 0.25) is 0 Å². The largest absolute Gasteiger partial charge is 0.444 e. The molecule has 3 heterocycles. The molecule has 1 saturated heterocycles. The third-order valence-corrected chi connectivity index (χ3v) is 5.02. The highest BCUT2D eigenvalue weighted by atomic mass is 32.1. The zero-order valence-corrected chi connectivity index (χ0v) is 16.1. The topological polar surface area (TPSA) is 55.3 Å². The Hall–Kier alpha value is -1.95. The number of nitrogens with zero attached hydrogens (tertiary/aromatic N) is 3. The Bertz CT molecular complexity index is 751. The Morgan fingerprint density at radius 2 is 2.20 bits per heavy atom. The van der Waals surface area contributed by atoms with Crippen LogP contribution in [0.3, 0.4) is 0 Å². The maximum Gasteiger partial charge on any atom is 0.410 e. The number of hydrogen-bond acceptors (Lipinski definition) is 5. The molecular weight excluding hydrogens is 334 g/mol. The monoisotopic (exact) mass is 359 g/mol. The van der Waals surface area contributed by atoms with Gasteiger partial charge in [-0.1, -0.05) is 6.07 Å². The van der Waals surface area contributed by atoms with Crippen molar-refractivity contribution in [3.05, 3.63) is 35.0 Å². The van der Waals surface area contributed by atoms with E-state index in [2.05, 4.69) is 18.0 Å². The second-order valence-corrected chi connectivity index (χ2v) is 8.81. The van der Waals surface area contributed by atoms with Gasteiger partial charge in [0.25, 0.3) is 0 Å². The molecule has 1 amide bonds. The predicted molar refractivity (Wildman–Crippen MR) is 99.7 cm³/mol. The van der Waals surface area contributed by atoms with Crippen LogP contribution in [0.25, 0.3) is 10.7 Å². The van der Waals surface area contributed by atoms with Crippen LogP contribution in [0, 0.1) is 12.8 Å². The molecule has 1 aliphatic rings. The highest BCUT2D eigenvalue weighted by molar-refractivity contribution is 7.14. The van der Waals surface area contributed by atoms with E-state index in [1.54, 1.807) is 11.3 Å². The van der Waals surface area contributed by atoms with E-state index in [0.717, 1.165) is 42.3 Å². The SMILES string of the molecule is Cc1cnc(-c2cccc(C[C@H]3CCN(C(=O)OC(C)(C)C)C3)n2)s1. The van der Waals surface area contributed by atoms with Crippen molar-refractivity contribution in [2.45, 2.75) is 46.1 Å². The molecule has 0 N–H and O–H groups in total. The first-order valence-corrected chi connectivity index (χ1v) is 9.48. The Morgan fingerprint density at radius 1 is 1.40 bits per heavy atom. The number of aromatic nitrogens is 2. The van der Waals surface area contributed by atoms with Crippen molar-refractivity contribution >= 4 is 17.4 Å². The summed E-state index contributed by atoms with van der Waals surface area (Å²) >= 11 is 1.66. The lowest BCUT2D eigenvalue weighted by Gasteiger charge is -2.24. The minimum Gasteiger partial charge on any atom is -0.444 e. The highest BCUT2D eigenvalue weighted by Crippen LogP contribution is 2.25. The van der Waals surface area contributed by atoms with Crippen LogP contribution in [-0.2, 0) is 11.2 Å². The number of ether oxygens (including phenoxy) is 1. The average Bonchev–Trinajstić information content (AvgIpc) is 3.15. The van der Waals surface area contributed by atoms with E-state index < -0.39 is 5.60 Å². The maximum absolute atomic E-state index is 12.2. The Morgan fingerprint density at radius 3 is 2.88 bits per heavy atom. The van der Waals surface area contributed by atoms with Crippen LogP contribution in [-0.4, -0.2) is 39.7 Å². The predicted octanol–water partition coefficient (Wildman–Crippen LogP) is 4.31. The summed E-state index contributed by atoms with van der Waals surface area (Å²) in [5.41, 5.74) is 1.54. The number of likely N-dealkylation sites (tertiary alicyclic amines) is 1. The van der Waals surface area contributed by atoms with Crippen molar-refractivity contribution < 1.29 is 9.53 Å². The smallest absolute Gasteiger partial charge is 0.410 e. The van der Waals surface area contributed by atoms with E-state index in [4.69, 9.17) is 9.72 Å². The van der Waals surface area contributed by atoms with Gasteiger partial charge in [0.1, 0.15) is 10.6 Å². The summed E-state index contributed by atoms with van der Waals surface area (Å²) in [6.45, 7) is 9.23. The van der Waals surface area contributed by atoms with Crippen molar-refractivity contribution in [2.24, 2.45) is 5.92 Å². The normalized spacial score (nSPS) is 17.8. The lowest BCUT2D eigenvalue weighted by molar-refractivity contribution is 0.0288. The molecule has 0 unspecified atom stereocenters. The maximum atomic E-state index is 12.2. The number of rotatable bonds is 3.